The minimum Gasteiger partial charge on any atom is -0.493 e. The molecule has 1 aromatic heterocycles. The zero-order valence-corrected chi connectivity index (χ0v) is 18.9. The third-order valence-corrected chi connectivity index (χ3v) is 6.70. The SMILES string of the molecule is CCn1cc(CN2CCCC[C@H]3CN(C(=O)Cc4ccc(OC)c(OC)c4)C[C@H]32)cn1. The number of aromatic nitrogens is 2. The van der Waals surface area contributed by atoms with Crippen LogP contribution in [0.5, 0.6) is 11.5 Å². The van der Waals surface area contributed by atoms with Gasteiger partial charge in [-0.3, -0.25) is 14.4 Å². The summed E-state index contributed by atoms with van der Waals surface area (Å²) in [6.45, 7) is 6.69. The highest BCUT2D eigenvalue weighted by Crippen LogP contribution is 2.32. The number of aryl methyl sites for hydroxylation is 1. The number of hydrogen-bond donors (Lipinski definition) is 0. The van der Waals surface area contributed by atoms with Crippen molar-refractivity contribution in [1.82, 2.24) is 19.6 Å². The summed E-state index contributed by atoms with van der Waals surface area (Å²) in [4.78, 5) is 17.8. The van der Waals surface area contributed by atoms with Crippen LogP contribution in [0.25, 0.3) is 0 Å². The molecule has 1 amide bonds. The maximum Gasteiger partial charge on any atom is 0.227 e. The summed E-state index contributed by atoms with van der Waals surface area (Å²) in [7, 11) is 3.24. The third kappa shape index (κ3) is 4.87. The van der Waals surface area contributed by atoms with Gasteiger partial charge in [0, 0.05) is 44.0 Å². The van der Waals surface area contributed by atoms with Gasteiger partial charge in [-0.15, -0.1) is 0 Å². The van der Waals surface area contributed by atoms with E-state index >= 15 is 0 Å². The van der Waals surface area contributed by atoms with Crippen molar-refractivity contribution in [3.8, 4) is 11.5 Å². The molecule has 168 valence electrons. The summed E-state index contributed by atoms with van der Waals surface area (Å²) >= 11 is 0. The van der Waals surface area contributed by atoms with E-state index in [1.54, 1.807) is 14.2 Å². The van der Waals surface area contributed by atoms with Crippen LogP contribution in [0.15, 0.2) is 30.6 Å². The van der Waals surface area contributed by atoms with Crippen molar-refractivity contribution in [3.63, 3.8) is 0 Å². The minimum absolute atomic E-state index is 0.194. The number of hydrogen-bond acceptors (Lipinski definition) is 5. The van der Waals surface area contributed by atoms with Crippen molar-refractivity contribution < 1.29 is 14.3 Å². The van der Waals surface area contributed by atoms with Gasteiger partial charge in [-0.1, -0.05) is 12.5 Å². The molecule has 4 rings (SSSR count). The summed E-state index contributed by atoms with van der Waals surface area (Å²) in [6, 6.07) is 6.16. The fourth-order valence-corrected chi connectivity index (χ4v) is 5.01. The van der Waals surface area contributed by atoms with E-state index in [-0.39, 0.29) is 5.91 Å². The zero-order valence-electron chi connectivity index (χ0n) is 18.9. The summed E-state index contributed by atoms with van der Waals surface area (Å²) in [5, 5.41) is 4.43. The Morgan fingerprint density at radius 3 is 2.71 bits per heavy atom. The Kier molecular flexibility index (Phi) is 6.80. The number of likely N-dealkylation sites (tertiary alicyclic amines) is 2. The van der Waals surface area contributed by atoms with Gasteiger partial charge in [0.15, 0.2) is 11.5 Å². The van der Waals surface area contributed by atoms with Crippen LogP contribution < -0.4 is 9.47 Å². The second-order valence-electron chi connectivity index (χ2n) is 8.66. The van der Waals surface area contributed by atoms with E-state index in [4.69, 9.17) is 9.47 Å². The Morgan fingerprint density at radius 1 is 1.13 bits per heavy atom. The van der Waals surface area contributed by atoms with Gasteiger partial charge in [0.2, 0.25) is 5.91 Å². The molecule has 2 aromatic rings. The summed E-state index contributed by atoms with van der Waals surface area (Å²) in [5.74, 6) is 2.10. The average molecular weight is 427 g/mol. The van der Waals surface area contributed by atoms with E-state index in [1.165, 1.54) is 24.8 Å². The lowest BCUT2D eigenvalue weighted by Crippen LogP contribution is -2.40. The van der Waals surface area contributed by atoms with Gasteiger partial charge in [-0.05, 0) is 49.9 Å². The van der Waals surface area contributed by atoms with E-state index in [2.05, 4.69) is 28.0 Å². The molecule has 0 bridgehead atoms. The number of carbonyl (C=O) groups excluding carboxylic acids is 1. The number of methoxy groups -OCH3 is 2. The molecule has 2 fully saturated rings. The van der Waals surface area contributed by atoms with Gasteiger partial charge >= 0.3 is 0 Å². The molecule has 0 saturated carbocycles. The highest BCUT2D eigenvalue weighted by atomic mass is 16.5. The number of carbonyl (C=O) groups is 1. The first-order valence-electron chi connectivity index (χ1n) is 11.3. The van der Waals surface area contributed by atoms with Gasteiger partial charge in [-0.2, -0.15) is 5.10 Å². The Balaban J connectivity index is 1.42. The van der Waals surface area contributed by atoms with Crippen LogP contribution >= 0.6 is 0 Å². The fraction of sp³-hybridized carbons (Fsp3) is 0.583. The van der Waals surface area contributed by atoms with Crippen LogP contribution in [0, 0.1) is 5.92 Å². The predicted molar refractivity (Wildman–Crippen MR) is 119 cm³/mol. The molecular formula is C24H34N4O3. The average Bonchev–Trinajstić information content (AvgIpc) is 3.38. The molecular weight excluding hydrogens is 392 g/mol. The molecule has 2 aliphatic heterocycles. The molecule has 0 N–H and O–H groups in total. The Morgan fingerprint density at radius 2 is 1.97 bits per heavy atom. The largest absolute Gasteiger partial charge is 0.493 e. The first-order valence-corrected chi connectivity index (χ1v) is 11.3. The van der Waals surface area contributed by atoms with E-state index in [0.717, 1.165) is 38.3 Å². The van der Waals surface area contributed by atoms with Crippen LogP contribution in [0.2, 0.25) is 0 Å². The second kappa shape index (κ2) is 9.73. The van der Waals surface area contributed by atoms with Gasteiger partial charge in [0.1, 0.15) is 0 Å². The maximum absolute atomic E-state index is 13.1. The van der Waals surface area contributed by atoms with Crippen LogP contribution in [-0.4, -0.2) is 65.4 Å². The molecule has 0 unspecified atom stereocenters. The van der Waals surface area contributed by atoms with E-state index in [0.29, 0.717) is 29.9 Å². The van der Waals surface area contributed by atoms with Crippen molar-refractivity contribution in [2.75, 3.05) is 33.9 Å². The smallest absolute Gasteiger partial charge is 0.227 e. The van der Waals surface area contributed by atoms with Crippen molar-refractivity contribution in [3.05, 3.63) is 41.7 Å². The molecule has 2 atom stereocenters. The molecule has 2 saturated heterocycles. The molecule has 7 heteroatoms. The lowest BCUT2D eigenvalue weighted by atomic mass is 9.98. The lowest BCUT2D eigenvalue weighted by Gasteiger charge is -2.29. The van der Waals surface area contributed by atoms with E-state index in [9.17, 15) is 4.79 Å². The van der Waals surface area contributed by atoms with Gasteiger partial charge < -0.3 is 14.4 Å². The van der Waals surface area contributed by atoms with Crippen molar-refractivity contribution >= 4 is 5.91 Å². The monoisotopic (exact) mass is 426 g/mol. The summed E-state index contributed by atoms with van der Waals surface area (Å²) in [5.41, 5.74) is 2.22. The number of rotatable bonds is 7. The minimum atomic E-state index is 0.194. The van der Waals surface area contributed by atoms with Crippen LogP contribution in [0.3, 0.4) is 0 Å². The topological polar surface area (TPSA) is 59.8 Å². The molecule has 31 heavy (non-hydrogen) atoms. The number of fused-ring (bicyclic) bond motifs is 1. The molecule has 7 nitrogen and oxygen atoms in total. The number of ether oxygens (including phenoxy) is 2. The highest BCUT2D eigenvalue weighted by molar-refractivity contribution is 5.79. The highest BCUT2D eigenvalue weighted by Gasteiger charge is 2.39. The quantitative estimate of drug-likeness (QED) is 0.681. The van der Waals surface area contributed by atoms with E-state index in [1.807, 2.05) is 29.1 Å². The first kappa shape index (κ1) is 21.7. The van der Waals surface area contributed by atoms with Gasteiger partial charge in [0.25, 0.3) is 0 Å². The number of nitrogens with zero attached hydrogens (tertiary/aromatic N) is 4. The summed E-state index contributed by atoms with van der Waals surface area (Å²) < 4.78 is 12.7. The predicted octanol–water partition coefficient (Wildman–Crippen LogP) is 2.98. The van der Waals surface area contributed by atoms with Gasteiger partial charge in [0.05, 0.1) is 26.8 Å². The normalized spacial score (nSPS) is 21.6. The van der Waals surface area contributed by atoms with Crippen LogP contribution in [0.1, 0.15) is 37.3 Å². The summed E-state index contributed by atoms with van der Waals surface area (Å²) in [6.07, 6.45) is 8.20. The molecule has 3 heterocycles. The Labute approximate surface area is 184 Å². The molecule has 0 radical (unpaired) electrons. The zero-order chi connectivity index (χ0) is 21.8. The molecule has 0 aliphatic carbocycles. The Hall–Kier alpha value is -2.54. The first-order chi connectivity index (χ1) is 15.1. The van der Waals surface area contributed by atoms with Crippen LogP contribution in [-0.2, 0) is 24.3 Å². The maximum atomic E-state index is 13.1. The lowest BCUT2D eigenvalue weighted by molar-refractivity contribution is -0.129. The van der Waals surface area contributed by atoms with Crippen LogP contribution in [0.4, 0.5) is 0 Å². The van der Waals surface area contributed by atoms with Crippen molar-refractivity contribution in [2.45, 2.75) is 51.7 Å². The van der Waals surface area contributed by atoms with E-state index < -0.39 is 0 Å². The fourth-order valence-electron chi connectivity index (χ4n) is 5.01. The third-order valence-electron chi connectivity index (χ3n) is 6.70. The standard InChI is InChI=1S/C24H34N4O3/c1-4-28-15-19(13-25-28)14-26-10-6-5-7-20-16-27(17-21(20)26)24(29)12-18-8-9-22(30-2)23(11-18)31-3/h8-9,11,13,15,20-21H,4-7,10,12,14,16-17H2,1-3H3/t20-,21+/m0/s1. The van der Waals surface area contributed by atoms with Crippen molar-refractivity contribution in [1.29, 1.82) is 0 Å². The van der Waals surface area contributed by atoms with Crippen molar-refractivity contribution in [2.24, 2.45) is 5.92 Å². The second-order valence-corrected chi connectivity index (χ2v) is 8.66. The number of amides is 1. The molecule has 1 aromatic carbocycles. The molecule has 2 aliphatic rings. The number of benzene rings is 1. The molecule has 0 spiro atoms. The van der Waals surface area contributed by atoms with Gasteiger partial charge in [-0.25, -0.2) is 0 Å². The Bertz CT molecular complexity index is 897.